The van der Waals surface area contributed by atoms with E-state index in [1.165, 1.54) is 0 Å². The third-order valence-electron chi connectivity index (χ3n) is 3.21. The SMILES string of the molecule is C/C(C(N)=O)=C(/c1ccccc1)N1CCNCC1. The molecule has 4 nitrogen and oxygen atoms in total. The van der Waals surface area contributed by atoms with Crippen LogP contribution in [0.3, 0.4) is 0 Å². The Labute approximate surface area is 107 Å². The van der Waals surface area contributed by atoms with Crippen molar-refractivity contribution in [3.63, 3.8) is 0 Å². The van der Waals surface area contributed by atoms with Crippen LogP contribution in [0.5, 0.6) is 0 Å². The molecule has 0 radical (unpaired) electrons. The van der Waals surface area contributed by atoms with Gasteiger partial charge in [0.05, 0.1) is 5.70 Å². The zero-order valence-corrected chi connectivity index (χ0v) is 10.6. The lowest BCUT2D eigenvalue weighted by molar-refractivity contribution is -0.114. The summed E-state index contributed by atoms with van der Waals surface area (Å²) in [7, 11) is 0. The van der Waals surface area contributed by atoms with E-state index < -0.39 is 0 Å². The Hall–Kier alpha value is -1.81. The third-order valence-corrected chi connectivity index (χ3v) is 3.21. The fraction of sp³-hybridized carbons (Fsp3) is 0.357. The van der Waals surface area contributed by atoms with Crippen LogP contribution in [-0.4, -0.2) is 37.0 Å². The Morgan fingerprint density at radius 3 is 2.39 bits per heavy atom. The number of carbonyl (C=O) groups is 1. The number of amides is 1. The quantitative estimate of drug-likeness (QED) is 0.775. The second-order valence-corrected chi connectivity index (χ2v) is 4.44. The van der Waals surface area contributed by atoms with Crippen LogP contribution in [0.25, 0.3) is 5.70 Å². The molecule has 1 fully saturated rings. The average Bonchev–Trinajstić information content (AvgIpc) is 2.41. The monoisotopic (exact) mass is 245 g/mol. The van der Waals surface area contributed by atoms with E-state index in [-0.39, 0.29) is 5.91 Å². The van der Waals surface area contributed by atoms with Gasteiger partial charge >= 0.3 is 0 Å². The van der Waals surface area contributed by atoms with E-state index in [9.17, 15) is 4.79 Å². The van der Waals surface area contributed by atoms with E-state index in [2.05, 4.69) is 10.2 Å². The molecule has 1 saturated heterocycles. The summed E-state index contributed by atoms with van der Waals surface area (Å²) in [6.07, 6.45) is 0. The molecule has 0 saturated carbocycles. The predicted molar refractivity (Wildman–Crippen MR) is 72.7 cm³/mol. The second-order valence-electron chi connectivity index (χ2n) is 4.44. The number of nitrogens with one attached hydrogen (secondary N) is 1. The molecule has 96 valence electrons. The summed E-state index contributed by atoms with van der Waals surface area (Å²) < 4.78 is 0. The zero-order chi connectivity index (χ0) is 13.0. The molecular weight excluding hydrogens is 226 g/mol. The number of hydrogen-bond acceptors (Lipinski definition) is 3. The molecule has 0 bridgehead atoms. The van der Waals surface area contributed by atoms with Gasteiger partial charge in [-0.05, 0) is 12.5 Å². The average molecular weight is 245 g/mol. The zero-order valence-electron chi connectivity index (χ0n) is 10.6. The smallest absolute Gasteiger partial charge is 0.246 e. The van der Waals surface area contributed by atoms with Crippen LogP contribution < -0.4 is 11.1 Å². The minimum Gasteiger partial charge on any atom is -0.368 e. The number of primary amides is 1. The molecule has 1 aliphatic rings. The normalized spacial score (nSPS) is 17.3. The molecule has 1 heterocycles. The first-order valence-electron chi connectivity index (χ1n) is 6.22. The van der Waals surface area contributed by atoms with Crippen LogP contribution in [0.4, 0.5) is 0 Å². The molecular formula is C14H19N3O. The molecule has 1 aromatic carbocycles. The largest absolute Gasteiger partial charge is 0.368 e. The Kier molecular flexibility index (Phi) is 3.99. The molecule has 0 aromatic heterocycles. The third kappa shape index (κ3) is 2.71. The van der Waals surface area contributed by atoms with E-state index in [0.717, 1.165) is 37.4 Å². The summed E-state index contributed by atoms with van der Waals surface area (Å²) in [4.78, 5) is 13.7. The summed E-state index contributed by atoms with van der Waals surface area (Å²) in [5.74, 6) is -0.354. The second kappa shape index (κ2) is 5.69. The van der Waals surface area contributed by atoms with Gasteiger partial charge < -0.3 is 16.0 Å². The van der Waals surface area contributed by atoms with Crippen molar-refractivity contribution in [1.29, 1.82) is 0 Å². The van der Waals surface area contributed by atoms with Gasteiger partial charge in [0, 0.05) is 31.8 Å². The number of nitrogens with two attached hydrogens (primary N) is 1. The maximum Gasteiger partial charge on any atom is 0.246 e. The van der Waals surface area contributed by atoms with E-state index in [4.69, 9.17) is 5.73 Å². The molecule has 4 heteroatoms. The minimum atomic E-state index is -0.354. The van der Waals surface area contributed by atoms with Crippen molar-refractivity contribution in [2.24, 2.45) is 5.73 Å². The number of nitrogens with zero attached hydrogens (tertiary/aromatic N) is 1. The van der Waals surface area contributed by atoms with Crippen LogP contribution >= 0.6 is 0 Å². The van der Waals surface area contributed by atoms with Crippen LogP contribution in [0.15, 0.2) is 35.9 Å². The van der Waals surface area contributed by atoms with Gasteiger partial charge in [-0.3, -0.25) is 4.79 Å². The number of carbonyl (C=O) groups excluding carboxylic acids is 1. The summed E-state index contributed by atoms with van der Waals surface area (Å²) in [6.45, 7) is 5.46. The van der Waals surface area contributed by atoms with Crippen molar-refractivity contribution in [3.05, 3.63) is 41.5 Å². The topological polar surface area (TPSA) is 58.4 Å². The maximum absolute atomic E-state index is 11.5. The summed E-state index contributed by atoms with van der Waals surface area (Å²) in [5, 5.41) is 3.31. The number of benzene rings is 1. The molecule has 0 unspecified atom stereocenters. The Bertz CT molecular complexity index is 447. The summed E-state index contributed by atoms with van der Waals surface area (Å²) in [5.41, 5.74) is 8.08. The van der Waals surface area contributed by atoms with Crippen molar-refractivity contribution >= 4 is 11.6 Å². The molecule has 1 aromatic rings. The van der Waals surface area contributed by atoms with Gasteiger partial charge in [-0.25, -0.2) is 0 Å². The van der Waals surface area contributed by atoms with Crippen LogP contribution in [-0.2, 0) is 4.79 Å². The first-order valence-corrected chi connectivity index (χ1v) is 6.22. The van der Waals surface area contributed by atoms with Crippen molar-refractivity contribution < 1.29 is 4.79 Å². The van der Waals surface area contributed by atoms with E-state index in [1.54, 1.807) is 6.92 Å². The highest BCUT2D eigenvalue weighted by molar-refractivity contribution is 5.99. The van der Waals surface area contributed by atoms with Gasteiger partial charge in [-0.2, -0.15) is 0 Å². The predicted octanol–water partition coefficient (Wildman–Crippen LogP) is 0.808. The molecule has 0 aliphatic carbocycles. The lowest BCUT2D eigenvalue weighted by Crippen LogP contribution is -2.43. The first-order chi connectivity index (χ1) is 8.70. The molecule has 18 heavy (non-hydrogen) atoms. The fourth-order valence-corrected chi connectivity index (χ4v) is 2.24. The highest BCUT2D eigenvalue weighted by Gasteiger charge is 2.18. The van der Waals surface area contributed by atoms with E-state index in [1.807, 2.05) is 30.3 Å². The number of piperazine rings is 1. The van der Waals surface area contributed by atoms with E-state index in [0.29, 0.717) is 5.57 Å². The Balaban J connectivity index is 2.41. The van der Waals surface area contributed by atoms with Crippen molar-refractivity contribution in [2.45, 2.75) is 6.92 Å². The standard InChI is InChI=1S/C14H19N3O/c1-11(14(15)18)13(12-5-3-2-4-6-12)17-9-7-16-8-10-17/h2-6,16H,7-10H2,1H3,(H2,15,18)/b13-11+. The lowest BCUT2D eigenvalue weighted by Gasteiger charge is -2.32. The minimum absolute atomic E-state index is 0.354. The summed E-state index contributed by atoms with van der Waals surface area (Å²) >= 11 is 0. The van der Waals surface area contributed by atoms with Gasteiger partial charge in [-0.15, -0.1) is 0 Å². The Morgan fingerprint density at radius 2 is 1.83 bits per heavy atom. The van der Waals surface area contributed by atoms with Gasteiger partial charge in [0.2, 0.25) is 5.91 Å². The molecule has 1 amide bonds. The molecule has 0 atom stereocenters. The highest BCUT2D eigenvalue weighted by Crippen LogP contribution is 2.23. The van der Waals surface area contributed by atoms with Gasteiger partial charge in [0.25, 0.3) is 0 Å². The molecule has 3 N–H and O–H groups in total. The number of hydrogen-bond donors (Lipinski definition) is 2. The maximum atomic E-state index is 11.5. The highest BCUT2D eigenvalue weighted by atomic mass is 16.1. The summed E-state index contributed by atoms with van der Waals surface area (Å²) in [6, 6.07) is 9.96. The van der Waals surface area contributed by atoms with Crippen molar-refractivity contribution in [1.82, 2.24) is 10.2 Å². The van der Waals surface area contributed by atoms with Gasteiger partial charge in [-0.1, -0.05) is 30.3 Å². The van der Waals surface area contributed by atoms with Gasteiger partial charge in [0.1, 0.15) is 0 Å². The molecule has 2 rings (SSSR count). The van der Waals surface area contributed by atoms with E-state index >= 15 is 0 Å². The molecule has 0 spiro atoms. The van der Waals surface area contributed by atoms with Crippen molar-refractivity contribution in [2.75, 3.05) is 26.2 Å². The fourth-order valence-electron chi connectivity index (χ4n) is 2.24. The Morgan fingerprint density at radius 1 is 1.22 bits per heavy atom. The van der Waals surface area contributed by atoms with Crippen LogP contribution in [0.1, 0.15) is 12.5 Å². The first kappa shape index (κ1) is 12.6. The van der Waals surface area contributed by atoms with Crippen molar-refractivity contribution in [3.8, 4) is 0 Å². The van der Waals surface area contributed by atoms with Crippen LogP contribution in [0.2, 0.25) is 0 Å². The lowest BCUT2D eigenvalue weighted by atomic mass is 10.0. The number of rotatable bonds is 3. The van der Waals surface area contributed by atoms with Crippen LogP contribution in [0, 0.1) is 0 Å². The van der Waals surface area contributed by atoms with Gasteiger partial charge in [0.15, 0.2) is 0 Å². The molecule has 1 aliphatic heterocycles.